The van der Waals surface area contributed by atoms with E-state index in [0.717, 1.165) is 54.7 Å². The largest absolute Gasteiger partial charge is 0.345 e. The highest BCUT2D eigenvalue weighted by Crippen LogP contribution is 2.42. The van der Waals surface area contributed by atoms with Gasteiger partial charge < -0.3 is 4.98 Å². The Labute approximate surface area is 151 Å². The number of hydrogen-bond donors (Lipinski definition) is 2. The van der Waals surface area contributed by atoms with Crippen molar-refractivity contribution in [3.63, 3.8) is 0 Å². The number of fused-ring (bicyclic) bond motifs is 3. The topological polar surface area (TPSA) is 105 Å². The predicted molar refractivity (Wildman–Crippen MR) is 97.3 cm³/mol. The lowest BCUT2D eigenvalue weighted by Crippen LogP contribution is -2.35. The summed E-state index contributed by atoms with van der Waals surface area (Å²) in [6, 6.07) is 1.96. The number of aromatic amines is 1. The molecular weight excluding hydrogens is 352 g/mol. The fourth-order valence-electron chi connectivity index (χ4n) is 4.33. The monoisotopic (exact) mass is 374 g/mol. The van der Waals surface area contributed by atoms with Crippen LogP contribution in [0.1, 0.15) is 50.8 Å². The predicted octanol–water partition coefficient (Wildman–Crippen LogP) is 1.96. The summed E-state index contributed by atoms with van der Waals surface area (Å²) in [4.78, 5) is 7.49. The van der Waals surface area contributed by atoms with Gasteiger partial charge in [-0.3, -0.25) is 4.40 Å². The smallest absolute Gasteiger partial charge is 0.214 e. The molecule has 0 radical (unpaired) electrons. The maximum absolute atomic E-state index is 12.3. The molecular formula is C17H22N6O2S. The van der Waals surface area contributed by atoms with Gasteiger partial charge in [0.1, 0.15) is 5.82 Å². The Kier molecular flexibility index (Phi) is 3.58. The quantitative estimate of drug-likeness (QED) is 0.710. The molecule has 0 saturated heterocycles. The van der Waals surface area contributed by atoms with Gasteiger partial charge >= 0.3 is 0 Å². The summed E-state index contributed by atoms with van der Waals surface area (Å²) in [5.74, 6) is 1.48. The molecule has 2 aliphatic carbocycles. The number of rotatable bonds is 5. The first kappa shape index (κ1) is 16.2. The minimum absolute atomic E-state index is 0.0218. The van der Waals surface area contributed by atoms with Crippen LogP contribution >= 0.6 is 0 Å². The molecule has 8 nitrogen and oxygen atoms in total. The lowest BCUT2D eigenvalue weighted by atomic mass is 9.93. The second-order valence-corrected chi connectivity index (χ2v) is 9.52. The van der Waals surface area contributed by atoms with E-state index in [1.54, 1.807) is 6.20 Å². The summed E-state index contributed by atoms with van der Waals surface area (Å²) in [6.07, 6.45) is 7.76. The average Bonchev–Trinajstić information content (AvgIpc) is 3.06. The van der Waals surface area contributed by atoms with Gasteiger partial charge in [0.25, 0.3) is 0 Å². The number of aromatic nitrogens is 5. The summed E-state index contributed by atoms with van der Waals surface area (Å²) in [5, 5.41) is 8.58. The molecule has 0 unspecified atom stereocenters. The Morgan fingerprint density at radius 1 is 1.31 bits per heavy atom. The van der Waals surface area contributed by atoms with E-state index in [9.17, 15) is 8.42 Å². The van der Waals surface area contributed by atoms with E-state index in [2.05, 4.69) is 36.2 Å². The first-order valence-corrected chi connectivity index (χ1v) is 10.8. The average molecular weight is 374 g/mol. The molecule has 2 fully saturated rings. The summed E-state index contributed by atoms with van der Waals surface area (Å²) in [5.41, 5.74) is 2.49. The maximum atomic E-state index is 12.3. The molecule has 2 saturated carbocycles. The molecule has 2 N–H and O–H groups in total. The third kappa shape index (κ3) is 2.52. The van der Waals surface area contributed by atoms with Gasteiger partial charge in [0.15, 0.2) is 11.3 Å². The van der Waals surface area contributed by atoms with Crippen molar-refractivity contribution in [3.05, 3.63) is 24.3 Å². The molecule has 0 aliphatic heterocycles. The molecule has 3 atom stereocenters. The molecule has 0 bridgehead atoms. The number of H-pyrrole nitrogens is 1. The third-order valence-electron chi connectivity index (χ3n) is 5.81. The van der Waals surface area contributed by atoms with E-state index in [-0.39, 0.29) is 17.2 Å². The molecule has 3 aromatic rings. The van der Waals surface area contributed by atoms with Crippen molar-refractivity contribution in [1.82, 2.24) is 29.3 Å². The molecule has 2 aliphatic rings. The van der Waals surface area contributed by atoms with E-state index in [4.69, 9.17) is 0 Å². The third-order valence-corrected chi connectivity index (χ3v) is 7.82. The van der Waals surface area contributed by atoms with Gasteiger partial charge in [-0.25, -0.2) is 18.1 Å². The standard InChI is InChI=1S/C17H22N6O2S/c1-2-10-7-11(22-26(24,25)12-3-4-12)8-13(10)17-21-20-15-9-19-16-14(23(15)17)5-6-18-16/h5-6,9-13,18,22H,2-4,7-8H2,1H3/t10-,11-,13+/m1/s1. The molecule has 3 heterocycles. The van der Waals surface area contributed by atoms with Gasteiger partial charge in [0.05, 0.1) is 17.0 Å². The van der Waals surface area contributed by atoms with E-state index in [1.165, 1.54) is 0 Å². The molecule has 5 rings (SSSR count). The van der Waals surface area contributed by atoms with Crippen LogP contribution < -0.4 is 4.72 Å². The fourth-order valence-corrected chi connectivity index (χ4v) is 5.94. The SMILES string of the molecule is CC[C@@H]1C[C@@H](NS(=O)(=O)C2CC2)C[C@@H]1c1nnc2cnc3[nH]ccc3n12. The van der Waals surface area contributed by atoms with Crippen LogP contribution in [0.25, 0.3) is 16.8 Å². The first-order valence-electron chi connectivity index (χ1n) is 9.25. The molecule has 26 heavy (non-hydrogen) atoms. The van der Waals surface area contributed by atoms with Crippen molar-refractivity contribution >= 4 is 26.8 Å². The molecule has 0 amide bonds. The van der Waals surface area contributed by atoms with E-state index in [0.29, 0.717) is 5.92 Å². The van der Waals surface area contributed by atoms with Gasteiger partial charge in [0.2, 0.25) is 10.0 Å². The molecule has 0 spiro atoms. The van der Waals surface area contributed by atoms with Crippen LogP contribution in [0.3, 0.4) is 0 Å². The molecule has 3 aromatic heterocycles. The normalized spacial score (nSPS) is 26.9. The minimum atomic E-state index is -3.17. The summed E-state index contributed by atoms with van der Waals surface area (Å²) in [7, 11) is -3.17. The van der Waals surface area contributed by atoms with Crippen molar-refractivity contribution in [1.29, 1.82) is 0 Å². The fraction of sp³-hybridized carbons (Fsp3) is 0.588. The van der Waals surface area contributed by atoms with Crippen LogP contribution in [0.15, 0.2) is 18.5 Å². The van der Waals surface area contributed by atoms with E-state index < -0.39 is 10.0 Å². The highest BCUT2D eigenvalue weighted by molar-refractivity contribution is 7.90. The zero-order chi connectivity index (χ0) is 17.9. The highest BCUT2D eigenvalue weighted by Gasteiger charge is 2.42. The second kappa shape index (κ2) is 5.75. The van der Waals surface area contributed by atoms with Crippen LogP contribution in [0.2, 0.25) is 0 Å². The summed E-state index contributed by atoms with van der Waals surface area (Å²) < 4.78 is 29.7. The zero-order valence-corrected chi connectivity index (χ0v) is 15.4. The molecule has 138 valence electrons. The second-order valence-electron chi connectivity index (χ2n) is 7.53. The number of nitrogens with zero attached hydrogens (tertiary/aromatic N) is 4. The van der Waals surface area contributed by atoms with Gasteiger partial charge in [-0.15, -0.1) is 10.2 Å². The van der Waals surface area contributed by atoms with E-state index in [1.807, 2.05) is 12.3 Å². The van der Waals surface area contributed by atoms with Crippen LogP contribution in [-0.2, 0) is 10.0 Å². The van der Waals surface area contributed by atoms with Crippen molar-refractivity contribution in [2.24, 2.45) is 5.92 Å². The highest BCUT2D eigenvalue weighted by atomic mass is 32.2. The Bertz CT molecular complexity index is 1070. The summed E-state index contributed by atoms with van der Waals surface area (Å²) in [6.45, 7) is 2.16. The van der Waals surface area contributed by atoms with Crippen LogP contribution in [-0.4, -0.2) is 44.3 Å². The molecule has 9 heteroatoms. The Balaban J connectivity index is 1.50. The summed E-state index contributed by atoms with van der Waals surface area (Å²) >= 11 is 0. The van der Waals surface area contributed by atoms with Crippen LogP contribution in [0.5, 0.6) is 0 Å². The Morgan fingerprint density at radius 2 is 2.15 bits per heavy atom. The van der Waals surface area contributed by atoms with Crippen molar-refractivity contribution < 1.29 is 8.42 Å². The number of nitrogens with one attached hydrogen (secondary N) is 2. The minimum Gasteiger partial charge on any atom is -0.345 e. The van der Waals surface area contributed by atoms with Crippen LogP contribution in [0.4, 0.5) is 0 Å². The van der Waals surface area contributed by atoms with Crippen molar-refractivity contribution in [3.8, 4) is 0 Å². The number of hydrogen-bond acceptors (Lipinski definition) is 5. The zero-order valence-electron chi connectivity index (χ0n) is 14.6. The van der Waals surface area contributed by atoms with Gasteiger partial charge in [0, 0.05) is 18.2 Å². The van der Waals surface area contributed by atoms with E-state index >= 15 is 0 Å². The lowest BCUT2D eigenvalue weighted by molar-refractivity contribution is 0.449. The van der Waals surface area contributed by atoms with Gasteiger partial charge in [-0.2, -0.15) is 0 Å². The lowest BCUT2D eigenvalue weighted by Gasteiger charge is -2.16. The Morgan fingerprint density at radius 3 is 2.92 bits per heavy atom. The maximum Gasteiger partial charge on any atom is 0.214 e. The van der Waals surface area contributed by atoms with Crippen LogP contribution in [0, 0.1) is 5.92 Å². The van der Waals surface area contributed by atoms with Gasteiger partial charge in [-0.05, 0) is 37.7 Å². The van der Waals surface area contributed by atoms with Gasteiger partial charge in [-0.1, -0.05) is 13.3 Å². The number of sulfonamides is 1. The van der Waals surface area contributed by atoms with Crippen molar-refractivity contribution in [2.75, 3.05) is 0 Å². The Hall–Kier alpha value is -2.00. The van der Waals surface area contributed by atoms with Crippen molar-refractivity contribution in [2.45, 2.75) is 56.2 Å². The first-order chi connectivity index (χ1) is 12.6. The molecule has 0 aromatic carbocycles.